The lowest BCUT2D eigenvalue weighted by atomic mass is 10.1. The fraction of sp³-hybridized carbons (Fsp3) is 0.364. The first-order valence-corrected chi connectivity index (χ1v) is 5.31. The second kappa shape index (κ2) is 3.66. The lowest BCUT2D eigenvalue weighted by molar-refractivity contribution is -0.119. The van der Waals surface area contributed by atoms with Gasteiger partial charge in [-0.15, -0.1) is 0 Å². The Kier molecular flexibility index (Phi) is 2.25. The molecule has 90 valence electrons. The Hall–Kier alpha value is -1.69. The van der Waals surface area contributed by atoms with Crippen molar-refractivity contribution < 1.29 is 18.3 Å². The van der Waals surface area contributed by atoms with Crippen LogP contribution >= 0.6 is 0 Å². The Labute approximate surface area is 96.2 Å². The Morgan fingerprint density at radius 2 is 2.24 bits per heavy atom. The van der Waals surface area contributed by atoms with Crippen LogP contribution < -0.4 is 15.0 Å². The number of nitrogens with zero attached hydrogens (tertiary/aromatic N) is 1. The third-order valence-electron chi connectivity index (χ3n) is 2.96. The Morgan fingerprint density at radius 1 is 1.41 bits per heavy atom. The third-order valence-corrected chi connectivity index (χ3v) is 2.96. The second-order valence-electron chi connectivity index (χ2n) is 4.09. The number of hydrogen-bond donors (Lipinski definition) is 1. The average Bonchev–Trinajstić information content (AvgIpc) is 2.28. The molecule has 3 rings (SSSR count). The summed E-state index contributed by atoms with van der Waals surface area (Å²) in [7, 11) is 0. The zero-order chi connectivity index (χ0) is 12.0. The fourth-order valence-electron chi connectivity index (χ4n) is 2.24. The fourth-order valence-corrected chi connectivity index (χ4v) is 2.24. The van der Waals surface area contributed by atoms with Crippen molar-refractivity contribution in [3.63, 3.8) is 0 Å². The highest BCUT2D eigenvalue weighted by molar-refractivity contribution is 5.98. The van der Waals surface area contributed by atoms with Crippen LogP contribution in [0.15, 0.2) is 12.1 Å². The maximum Gasteiger partial charge on any atom is 0.241 e. The van der Waals surface area contributed by atoms with Crippen LogP contribution in [0.4, 0.5) is 14.5 Å². The number of anilines is 1. The van der Waals surface area contributed by atoms with E-state index < -0.39 is 11.6 Å². The average molecular weight is 240 g/mol. The number of carbonyl (C=O) groups excluding carboxylic acids is 1. The molecule has 6 heteroatoms. The highest BCUT2D eigenvalue weighted by Gasteiger charge is 2.37. The monoisotopic (exact) mass is 240 g/mol. The summed E-state index contributed by atoms with van der Waals surface area (Å²) in [5, 5.41) is 2.93. The van der Waals surface area contributed by atoms with Gasteiger partial charge in [0.2, 0.25) is 5.91 Å². The molecule has 1 fully saturated rings. The van der Waals surface area contributed by atoms with Gasteiger partial charge in [0.15, 0.2) is 5.82 Å². The van der Waals surface area contributed by atoms with Crippen molar-refractivity contribution in [2.45, 2.75) is 6.04 Å². The zero-order valence-electron chi connectivity index (χ0n) is 8.87. The molecule has 1 aromatic rings. The van der Waals surface area contributed by atoms with E-state index in [2.05, 4.69) is 5.32 Å². The first-order chi connectivity index (χ1) is 8.16. The summed E-state index contributed by atoms with van der Waals surface area (Å²) in [6.45, 7) is 0.948. The molecule has 0 spiro atoms. The van der Waals surface area contributed by atoms with Gasteiger partial charge in [-0.3, -0.25) is 9.69 Å². The normalized spacial score (nSPS) is 22.8. The van der Waals surface area contributed by atoms with Crippen molar-refractivity contribution >= 4 is 11.6 Å². The van der Waals surface area contributed by atoms with Crippen LogP contribution in [0.3, 0.4) is 0 Å². The van der Waals surface area contributed by atoms with E-state index in [4.69, 9.17) is 4.74 Å². The molecule has 0 radical (unpaired) electrons. The molecule has 2 aliphatic rings. The number of halogens is 2. The maximum atomic E-state index is 13.7. The van der Waals surface area contributed by atoms with Gasteiger partial charge in [-0.25, -0.2) is 8.78 Å². The van der Waals surface area contributed by atoms with Crippen molar-refractivity contribution in [2.75, 3.05) is 24.6 Å². The summed E-state index contributed by atoms with van der Waals surface area (Å²) < 4.78 is 32.1. The van der Waals surface area contributed by atoms with Gasteiger partial charge >= 0.3 is 0 Å². The summed E-state index contributed by atoms with van der Waals surface area (Å²) in [4.78, 5) is 13.1. The summed E-state index contributed by atoms with van der Waals surface area (Å²) >= 11 is 0. The summed E-state index contributed by atoms with van der Waals surface area (Å²) in [6.07, 6.45) is 0. The number of ether oxygens (including phenoxy) is 1. The molecule has 1 atom stereocenters. The van der Waals surface area contributed by atoms with Gasteiger partial charge in [-0.05, 0) is 0 Å². The van der Waals surface area contributed by atoms with Crippen molar-refractivity contribution in [1.82, 2.24) is 5.32 Å². The molecule has 1 aromatic carbocycles. The topological polar surface area (TPSA) is 41.6 Å². The third kappa shape index (κ3) is 1.56. The number of amides is 1. The zero-order valence-corrected chi connectivity index (χ0v) is 8.87. The Bertz CT molecular complexity index is 493. The van der Waals surface area contributed by atoms with E-state index in [0.717, 1.165) is 12.1 Å². The summed E-state index contributed by atoms with van der Waals surface area (Å²) in [5.74, 6) is -1.60. The van der Waals surface area contributed by atoms with Crippen molar-refractivity contribution in [1.29, 1.82) is 0 Å². The maximum absolute atomic E-state index is 13.7. The standard InChI is InChI=1S/C11H10F2N2O2/c12-6-1-8(13)11-9(2-6)17-5-7-3-14-4-10(16)15(7)11/h1-2,7,14H,3-5H2. The van der Waals surface area contributed by atoms with Gasteiger partial charge in [0.05, 0.1) is 12.6 Å². The minimum absolute atomic E-state index is 0.0501. The largest absolute Gasteiger partial charge is 0.489 e. The molecule has 2 heterocycles. The van der Waals surface area contributed by atoms with E-state index in [1.165, 1.54) is 4.90 Å². The molecule has 4 nitrogen and oxygen atoms in total. The Balaban J connectivity index is 2.13. The minimum Gasteiger partial charge on any atom is -0.489 e. The van der Waals surface area contributed by atoms with Gasteiger partial charge < -0.3 is 10.1 Å². The van der Waals surface area contributed by atoms with Gasteiger partial charge in [0, 0.05) is 18.7 Å². The molecule has 0 bridgehead atoms. The van der Waals surface area contributed by atoms with Crippen LogP contribution in [0, 0.1) is 11.6 Å². The smallest absolute Gasteiger partial charge is 0.241 e. The van der Waals surface area contributed by atoms with Gasteiger partial charge in [0.25, 0.3) is 0 Å². The molecule has 0 aromatic heterocycles. The van der Waals surface area contributed by atoms with Crippen LogP contribution in [-0.2, 0) is 4.79 Å². The number of hydrogen-bond acceptors (Lipinski definition) is 3. The first-order valence-electron chi connectivity index (χ1n) is 5.31. The molecule has 1 N–H and O–H groups in total. The predicted octanol–water partition coefficient (Wildman–Crippen LogP) is 0.662. The number of piperazine rings is 1. The van der Waals surface area contributed by atoms with E-state index in [9.17, 15) is 13.6 Å². The number of carbonyl (C=O) groups is 1. The van der Waals surface area contributed by atoms with Crippen molar-refractivity contribution in [2.24, 2.45) is 0 Å². The van der Waals surface area contributed by atoms with Crippen molar-refractivity contribution in [3.05, 3.63) is 23.8 Å². The van der Waals surface area contributed by atoms with Crippen LogP contribution in [0.5, 0.6) is 5.75 Å². The highest BCUT2D eigenvalue weighted by Crippen LogP contribution is 2.37. The van der Waals surface area contributed by atoms with E-state index in [0.29, 0.717) is 6.54 Å². The molecule has 0 saturated carbocycles. The minimum atomic E-state index is -0.764. The quantitative estimate of drug-likeness (QED) is 0.724. The summed E-state index contributed by atoms with van der Waals surface area (Å²) in [5.41, 5.74) is 0.0501. The number of rotatable bonds is 0. The second-order valence-corrected chi connectivity index (χ2v) is 4.09. The molecule has 2 aliphatic heterocycles. The molecule has 0 aliphatic carbocycles. The Morgan fingerprint density at radius 3 is 3.06 bits per heavy atom. The van der Waals surface area contributed by atoms with Gasteiger partial charge in [-0.2, -0.15) is 0 Å². The molecule has 1 saturated heterocycles. The molecular formula is C11H10F2N2O2. The first kappa shape index (κ1) is 10.5. The number of fused-ring (bicyclic) bond motifs is 3. The lowest BCUT2D eigenvalue weighted by Gasteiger charge is -2.40. The number of nitrogens with one attached hydrogen (secondary N) is 1. The molecule has 17 heavy (non-hydrogen) atoms. The highest BCUT2D eigenvalue weighted by atomic mass is 19.1. The van der Waals surface area contributed by atoms with E-state index in [1.807, 2.05) is 0 Å². The van der Waals surface area contributed by atoms with E-state index in [-0.39, 0.29) is 36.5 Å². The molecular weight excluding hydrogens is 230 g/mol. The van der Waals surface area contributed by atoms with E-state index >= 15 is 0 Å². The number of benzene rings is 1. The SMILES string of the molecule is O=C1CNCC2COc3cc(F)cc(F)c3N12. The molecule has 1 amide bonds. The van der Waals surface area contributed by atoms with Crippen molar-refractivity contribution in [3.8, 4) is 5.75 Å². The summed E-state index contributed by atoms with van der Waals surface area (Å²) in [6, 6.07) is 1.63. The molecule has 1 unspecified atom stereocenters. The van der Waals surface area contributed by atoms with E-state index in [1.54, 1.807) is 0 Å². The van der Waals surface area contributed by atoms with Crippen LogP contribution in [0.25, 0.3) is 0 Å². The van der Waals surface area contributed by atoms with Crippen LogP contribution in [0.2, 0.25) is 0 Å². The predicted molar refractivity (Wildman–Crippen MR) is 56.0 cm³/mol. The van der Waals surface area contributed by atoms with Crippen LogP contribution in [-0.4, -0.2) is 31.6 Å². The van der Waals surface area contributed by atoms with Gasteiger partial charge in [-0.1, -0.05) is 0 Å². The lowest BCUT2D eigenvalue weighted by Crippen LogP contribution is -2.59. The van der Waals surface area contributed by atoms with Crippen LogP contribution in [0.1, 0.15) is 0 Å². The van der Waals surface area contributed by atoms with Gasteiger partial charge in [0.1, 0.15) is 23.9 Å².